The first-order valence-electron chi connectivity index (χ1n) is 12.1. The van der Waals surface area contributed by atoms with Crippen LogP contribution in [0, 0.1) is 22.7 Å². The Labute approximate surface area is 209 Å². The molecule has 36 heavy (non-hydrogen) atoms. The summed E-state index contributed by atoms with van der Waals surface area (Å²) in [6, 6.07) is -1.05. The number of rotatable bonds is 6. The Morgan fingerprint density at radius 3 is 2.31 bits per heavy atom. The van der Waals surface area contributed by atoms with Crippen LogP contribution in [0.15, 0.2) is 0 Å². The fourth-order valence-corrected chi connectivity index (χ4v) is 7.99. The molecule has 1 saturated carbocycles. The van der Waals surface area contributed by atoms with E-state index in [2.05, 4.69) is 10.6 Å². The number of alkyl halides is 3. The summed E-state index contributed by atoms with van der Waals surface area (Å²) in [6.45, 7) is 8.52. The van der Waals surface area contributed by atoms with Crippen LogP contribution >= 0.6 is 0 Å². The van der Waals surface area contributed by atoms with Gasteiger partial charge in [-0.05, 0) is 37.1 Å². The normalized spacial score (nSPS) is 26.1. The highest BCUT2D eigenvalue weighted by Crippen LogP contribution is 2.46. The van der Waals surface area contributed by atoms with Gasteiger partial charge in [-0.1, -0.05) is 33.9 Å². The minimum absolute atomic E-state index is 0.137. The van der Waals surface area contributed by atoms with Crippen LogP contribution in [0.5, 0.6) is 0 Å². The molecule has 0 aromatic rings. The van der Waals surface area contributed by atoms with E-state index < -0.39 is 61.4 Å². The minimum Gasteiger partial charge on any atom is -0.350 e. The summed E-state index contributed by atoms with van der Waals surface area (Å²) in [5, 5.41) is 17.1. The van der Waals surface area contributed by atoms with Crippen LogP contribution in [0.3, 0.4) is 0 Å². The molecule has 3 fully saturated rings. The molecule has 4 atom stereocenters. The maximum absolute atomic E-state index is 13.5. The molecule has 3 aliphatic rings. The van der Waals surface area contributed by atoms with Gasteiger partial charge in [0.15, 0.2) is 0 Å². The SMILES string of the molecule is CC(C)(C)[C@H](NC(=O)C(F)(F)F)C(=O)N1C[Si](C)(C)CC1C(=O)N[C@H](C#N)C[C@@H]1CC2(CC2)NC1=O. The van der Waals surface area contributed by atoms with E-state index in [1.807, 2.05) is 24.5 Å². The third-order valence-electron chi connectivity index (χ3n) is 7.19. The lowest BCUT2D eigenvalue weighted by molar-refractivity contribution is -0.176. The largest absolute Gasteiger partial charge is 0.471 e. The number of nitrogens with one attached hydrogen (secondary N) is 3. The van der Waals surface area contributed by atoms with E-state index in [0.29, 0.717) is 12.5 Å². The summed E-state index contributed by atoms with van der Waals surface area (Å²) in [6.07, 6.45) is -2.38. The maximum Gasteiger partial charge on any atom is 0.471 e. The summed E-state index contributed by atoms with van der Waals surface area (Å²) in [5.74, 6) is -4.10. The Bertz CT molecular complexity index is 984. The van der Waals surface area contributed by atoms with Gasteiger partial charge in [0, 0.05) is 17.6 Å². The number of carbonyl (C=O) groups is 4. The van der Waals surface area contributed by atoms with Gasteiger partial charge in [0.2, 0.25) is 17.7 Å². The van der Waals surface area contributed by atoms with E-state index in [0.717, 1.165) is 12.8 Å². The highest BCUT2D eigenvalue weighted by molar-refractivity contribution is 6.79. The average molecular weight is 530 g/mol. The number of halogens is 3. The van der Waals surface area contributed by atoms with Crippen molar-refractivity contribution in [3.8, 4) is 6.07 Å². The van der Waals surface area contributed by atoms with Crippen molar-refractivity contribution in [3.63, 3.8) is 0 Å². The van der Waals surface area contributed by atoms with Gasteiger partial charge in [-0.2, -0.15) is 18.4 Å². The molecule has 200 valence electrons. The molecule has 2 aliphatic heterocycles. The first-order chi connectivity index (χ1) is 16.4. The molecule has 0 radical (unpaired) electrons. The zero-order chi connectivity index (χ0) is 27.3. The molecule has 3 rings (SSSR count). The van der Waals surface area contributed by atoms with Gasteiger partial charge in [-0.3, -0.25) is 19.2 Å². The van der Waals surface area contributed by atoms with Gasteiger partial charge in [0.05, 0.1) is 14.1 Å². The smallest absolute Gasteiger partial charge is 0.350 e. The molecule has 0 bridgehead atoms. The van der Waals surface area contributed by atoms with Gasteiger partial charge in [0.25, 0.3) is 0 Å². The summed E-state index contributed by atoms with van der Waals surface area (Å²) < 4.78 is 38.8. The van der Waals surface area contributed by atoms with E-state index in [9.17, 15) is 37.6 Å². The molecule has 4 amide bonds. The molecule has 2 saturated heterocycles. The average Bonchev–Trinajstić information content (AvgIpc) is 3.29. The molecule has 3 N–H and O–H groups in total. The molecule has 0 aromatic heterocycles. The van der Waals surface area contributed by atoms with Gasteiger partial charge in [-0.15, -0.1) is 0 Å². The molecule has 9 nitrogen and oxygen atoms in total. The van der Waals surface area contributed by atoms with E-state index in [1.54, 1.807) is 0 Å². The number of hydrogen-bond acceptors (Lipinski definition) is 5. The third-order valence-corrected chi connectivity index (χ3v) is 9.88. The Balaban J connectivity index is 1.75. The van der Waals surface area contributed by atoms with Crippen LogP contribution in [-0.2, 0) is 19.2 Å². The Morgan fingerprint density at radius 2 is 1.83 bits per heavy atom. The van der Waals surface area contributed by atoms with Crippen LogP contribution in [0.2, 0.25) is 19.1 Å². The molecular formula is C23H34F3N5O4Si. The standard InChI is InChI=1S/C23H34F3N5O4Si/c1-21(2,3)16(29-20(35)23(24,25)26)19(34)31-12-36(4,5)11-15(31)18(33)28-14(10-27)8-13-9-22(6-7-22)30-17(13)32/h13-16H,6-9,11-12H2,1-5H3,(H,28,33)(H,29,35)(H,30,32)/t13-,14+,15?,16-/m1/s1. The second-order valence-corrected chi connectivity index (χ2v) is 17.3. The number of carbonyl (C=O) groups excluding carboxylic acids is 4. The lowest BCUT2D eigenvalue weighted by Gasteiger charge is -2.36. The maximum atomic E-state index is 13.5. The predicted molar refractivity (Wildman–Crippen MR) is 126 cm³/mol. The van der Waals surface area contributed by atoms with Crippen molar-refractivity contribution >= 4 is 31.7 Å². The highest BCUT2D eigenvalue weighted by Gasteiger charge is 2.53. The van der Waals surface area contributed by atoms with Crippen LogP contribution in [0.4, 0.5) is 13.2 Å². The first-order valence-corrected chi connectivity index (χ1v) is 15.5. The van der Waals surface area contributed by atoms with E-state index in [4.69, 9.17) is 0 Å². The molecule has 13 heteroatoms. The highest BCUT2D eigenvalue weighted by atomic mass is 28.3. The number of nitrogens with zero attached hydrogens (tertiary/aromatic N) is 2. The van der Waals surface area contributed by atoms with Gasteiger partial charge in [-0.25, -0.2) is 0 Å². The Kier molecular flexibility index (Phi) is 7.26. The number of hydrogen-bond donors (Lipinski definition) is 3. The van der Waals surface area contributed by atoms with Crippen molar-refractivity contribution in [3.05, 3.63) is 0 Å². The van der Waals surface area contributed by atoms with E-state index in [1.165, 1.54) is 25.7 Å². The second kappa shape index (κ2) is 9.35. The fraction of sp³-hybridized carbons (Fsp3) is 0.783. The van der Waals surface area contributed by atoms with E-state index in [-0.39, 0.29) is 24.0 Å². The summed E-state index contributed by atoms with van der Waals surface area (Å²) in [7, 11) is -2.13. The van der Waals surface area contributed by atoms with Crippen molar-refractivity contribution in [2.45, 2.75) is 95.4 Å². The van der Waals surface area contributed by atoms with Crippen LogP contribution in [-0.4, -0.2) is 72.6 Å². The summed E-state index contributed by atoms with van der Waals surface area (Å²) in [5.41, 5.74) is -1.23. The molecule has 1 unspecified atom stereocenters. The molecule has 1 spiro atoms. The zero-order valence-electron chi connectivity index (χ0n) is 21.2. The van der Waals surface area contributed by atoms with Crippen molar-refractivity contribution in [2.75, 3.05) is 6.17 Å². The molecule has 1 aliphatic carbocycles. The molecule has 0 aromatic carbocycles. The van der Waals surface area contributed by atoms with Crippen LogP contribution < -0.4 is 16.0 Å². The van der Waals surface area contributed by atoms with Crippen molar-refractivity contribution < 1.29 is 32.3 Å². The zero-order valence-corrected chi connectivity index (χ0v) is 22.2. The fourth-order valence-electron chi connectivity index (χ4n) is 5.11. The summed E-state index contributed by atoms with van der Waals surface area (Å²) >= 11 is 0. The summed E-state index contributed by atoms with van der Waals surface area (Å²) in [4.78, 5) is 51.9. The van der Waals surface area contributed by atoms with E-state index >= 15 is 0 Å². The third kappa shape index (κ3) is 6.19. The van der Waals surface area contributed by atoms with Crippen molar-refractivity contribution in [1.29, 1.82) is 5.26 Å². The van der Waals surface area contributed by atoms with Gasteiger partial charge < -0.3 is 20.9 Å². The molecule has 2 heterocycles. The topological polar surface area (TPSA) is 131 Å². The van der Waals surface area contributed by atoms with Crippen molar-refractivity contribution in [1.82, 2.24) is 20.9 Å². The first kappa shape index (κ1) is 28.0. The Morgan fingerprint density at radius 1 is 1.22 bits per heavy atom. The monoisotopic (exact) mass is 529 g/mol. The van der Waals surface area contributed by atoms with Gasteiger partial charge >= 0.3 is 12.1 Å². The number of amides is 4. The second-order valence-electron chi connectivity index (χ2n) is 12.2. The minimum atomic E-state index is -5.16. The van der Waals surface area contributed by atoms with Crippen LogP contribution in [0.1, 0.15) is 46.5 Å². The Hall–Kier alpha value is -2.62. The lowest BCUT2D eigenvalue weighted by Crippen LogP contribution is -2.59. The number of nitriles is 1. The lowest BCUT2D eigenvalue weighted by atomic mass is 9.85. The van der Waals surface area contributed by atoms with Crippen molar-refractivity contribution in [2.24, 2.45) is 11.3 Å². The molecular weight excluding hydrogens is 495 g/mol. The quantitative estimate of drug-likeness (QED) is 0.450. The van der Waals surface area contributed by atoms with Gasteiger partial charge in [0.1, 0.15) is 18.1 Å². The predicted octanol–water partition coefficient (Wildman–Crippen LogP) is 1.61. The van der Waals surface area contributed by atoms with Crippen LogP contribution in [0.25, 0.3) is 0 Å².